The summed E-state index contributed by atoms with van der Waals surface area (Å²) in [5, 5.41) is 7.09. The molecule has 2 atom stereocenters. The van der Waals surface area contributed by atoms with Crippen molar-refractivity contribution in [2.24, 2.45) is 11.0 Å². The van der Waals surface area contributed by atoms with E-state index in [1.807, 2.05) is 0 Å². The predicted octanol–water partition coefficient (Wildman–Crippen LogP) is 4.77. The molecule has 1 aliphatic carbocycles. The fraction of sp³-hybridized carbons (Fsp3) is 0.409. The second-order valence-corrected chi connectivity index (χ2v) is 7.49. The number of ether oxygens (including phenoxy) is 1. The molecule has 0 spiro atoms. The first-order chi connectivity index (χ1) is 12.1. The monoisotopic (exact) mass is 334 g/mol. The molecule has 2 aliphatic rings. The van der Waals surface area contributed by atoms with Gasteiger partial charge in [-0.2, -0.15) is 5.10 Å². The molecule has 4 rings (SSSR count). The second kappa shape index (κ2) is 6.21. The highest BCUT2D eigenvalue weighted by molar-refractivity contribution is 6.05. The fourth-order valence-corrected chi connectivity index (χ4v) is 4.26. The molecule has 1 aliphatic heterocycles. The van der Waals surface area contributed by atoms with E-state index in [0.717, 1.165) is 18.6 Å². The van der Waals surface area contributed by atoms with E-state index >= 15 is 0 Å². The van der Waals surface area contributed by atoms with E-state index in [1.165, 1.54) is 28.0 Å². The quantitative estimate of drug-likeness (QED) is 0.807. The first kappa shape index (κ1) is 16.2. The maximum Gasteiger partial charge on any atom is 0.119 e. The zero-order valence-corrected chi connectivity index (χ0v) is 15.5. The molecule has 0 amide bonds. The van der Waals surface area contributed by atoms with Crippen molar-refractivity contribution < 1.29 is 4.74 Å². The van der Waals surface area contributed by atoms with E-state index in [-0.39, 0.29) is 0 Å². The van der Waals surface area contributed by atoms with E-state index in [1.54, 1.807) is 7.11 Å². The summed E-state index contributed by atoms with van der Waals surface area (Å²) in [6, 6.07) is 15.9. The Morgan fingerprint density at radius 3 is 2.56 bits per heavy atom. The zero-order chi connectivity index (χ0) is 17.6. The third kappa shape index (κ3) is 2.72. The number of hydrazone groups is 1. The number of aryl methyl sites for hydroxylation is 1. The Hall–Kier alpha value is -2.29. The minimum atomic E-state index is 0.339. The maximum atomic E-state index is 5.38. The van der Waals surface area contributed by atoms with Gasteiger partial charge in [-0.05, 0) is 53.6 Å². The fourth-order valence-electron chi connectivity index (χ4n) is 4.26. The third-order valence-corrected chi connectivity index (χ3v) is 5.66. The lowest BCUT2D eigenvalue weighted by atomic mass is 9.77. The molecule has 0 unspecified atom stereocenters. The highest BCUT2D eigenvalue weighted by atomic mass is 16.5. The summed E-state index contributed by atoms with van der Waals surface area (Å²) < 4.78 is 5.38. The number of benzene rings is 2. The van der Waals surface area contributed by atoms with Crippen LogP contribution in [-0.2, 0) is 6.42 Å². The molecule has 25 heavy (non-hydrogen) atoms. The largest absolute Gasteiger partial charge is 0.497 e. The van der Waals surface area contributed by atoms with Crippen LogP contribution in [0.2, 0.25) is 0 Å². The lowest BCUT2D eigenvalue weighted by Gasteiger charge is -2.29. The Morgan fingerprint density at radius 1 is 1.12 bits per heavy atom. The Labute approximate surface area is 150 Å². The van der Waals surface area contributed by atoms with Gasteiger partial charge in [0.1, 0.15) is 5.75 Å². The van der Waals surface area contributed by atoms with Crippen molar-refractivity contribution in [3.05, 3.63) is 64.7 Å². The highest BCUT2D eigenvalue weighted by Crippen LogP contribution is 2.43. The van der Waals surface area contributed by atoms with Crippen molar-refractivity contribution in [3.8, 4) is 5.75 Å². The molecule has 0 bridgehead atoms. The molecule has 0 N–H and O–H groups in total. The number of fused-ring (bicyclic) bond motifs is 3. The van der Waals surface area contributed by atoms with Gasteiger partial charge in [-0.1, -0.05) is 38.1 Å². The van der Waals surface area contributed by atoms with Gasteiger partial charge in [0.15, 0.2) is 0 Å². The summed E-state index contributed by atoms with van der Waals surface area (Å²) in [5.41, 5.74) is 6.66. The topological polar surface area (TPSA) is 24.8 Å². The Balaban J connectivity index is 1.66. The van der Waals surface area contributed by atoms with Crippen LogP contribution in [0.15, 0.2) is 47.6 Å². The third-order valence-electron chi connectivity index (χ3n) is 5.66. The average Bonchev–Trinajstić information content (AvgIpc) is 2.97. The minimum Gasteiger partial charge on any atom is -0.497 e. The van der Waals surface area contributed by atoms with Crippen molar-refractivity contribution in [2.45, 2.75) is 38.6 Å². The van der Waals surface area contributed by atoms with Gasteiger partial charge in [0.05, 0.1) is 18.9 Å². The van der Waals surface area contributed by atoms with Gasteiger partial charge in [0, 0.05) is 18.5 Å². The van der Waals surface area contributed by atoms with Gasteiger partial charge in [0.2, 0.25) is 0 Å². The summed E-state index contributed by atoms with van der Waals surface area (Å²) in [4.78, 5) is 0. The summed E-state index contributed by atoms with van der Waals surface area (Å²) in [6.07, 6.45) is 2.23. The smallest absolute Gasteiger partial charge is 0.119 e. The van der Waals surface area contributed by atoms with Crippen LogP contribution in [0.5, 0.6) is 5.75 Å². The van der Waals surface area contributed by atoms with Crippen molar-refractivity contribution >= 4 is 5.71 Å². The SMILES string of the molecule is COc1ccc2c(c1)CC[C@@H]1C2=NN(C)[C@H]1c1ccc(C(C)C)cc1. The summed E-state index contributed by atoms with van der Waals surface area (Å²) in [6.45, 7) is 4.48. The summed E-state index contributed by atoms with van der Waals surface area (Å²) in [5.74, 6) is 1.97. The molecule has 2 aromatic carbocycles. The van der Waals surface area contributed by atoms with Crippen LogP contribution in [0, 0.1) is 5.92 Å². The molecule has 0 saturated carbocycles. The van der Waals surface area contributed by atoms with Gasteiger partial charge in [-0.3, -0.25) is 5.01 Å². The molecule has 2 aromatic rings. The first-order valence-electron chi connectivity index (χ1n) is 9.17. The van der Waals surface area contributed by atoms with Crippen LogP contribution in [-0.4, -0.2) is 24.9 Å². The van der Waals surface area contributed by atoms with Gasteiger partial charge < -0.3 is 4.74 Å². The Morgan fingerprint density at radius 2 is 1.88 bits per heavy atom. The van der Waals surface area contributed by atoms with Crippen LogP contribution < -0.4 is 4.74 Å². The first-order valence-corrected chi connectivity index (χ1v) is 9.17. The van der Waals surface area contributed by atoms with E-state index in [0.29, 0.717) is 17.9 Å². The number of methoxy groups -OCH3 is 1. The molecule has 0 saturated heterocycles. The zero-order valence-electron chi connectivity index (χ0n) is 15.5. The van der Waals surface area contributed by atoms with Gasteiger partial charge >= 0.3 is 0 Å². The van der Waals surface area contributed by atoms with Crippen LogP contribution in [0.1, 0.15) is 54.5 Å². The van der Waals surface area contributed by atoms with Gasteiger partial charge in [-0.15, -0.1) is 0 Å². The van der Waals surface area contributed by atoms with E-state index < -0.39 is 0 Å². The van der Waals surface area contributed by atoms with Crippen LogP contribution in [0.25, 0.3) is 0 Å². The summed E-state index contributed by atoms with van der Waals surface area (Å²) >= 11 is 0. The lowest BCUT2D eigenvalue weighted by Crippen LogP contribution is -2.27. The number of hydrogen-bond acceptors (Lipinski definition) is 3. The molecular formula is C22H26N2O. The molecular weight excluding hydrogens is 308 g/mol. The van der Waals surface area contributed by atoms with Crippen molar-refractivity contribution in [1.29, 1.82) is 0 Å². The number of hydrogen-bond donors (Lipinski definition) is 0. The van der Waals surface area contributed by atoms with Crippen LogP contribution in [0.4, 0.5) is 0 Å². The standard InChI is InChI=1S/C22H26N2O/c1-14(2)15-5-7-16(8-6-15)22-20-11-9-17-13-18(25-4)10-12-19(17)21(20)23-24(22)3/h5-8,10,12-14,20,22H,9,11H2,1-4H3/t20-,22+/m1/s1. The predicted molar refractivity (Wildman–Crippen MR) is 102 cm³/mol. The second-order valence-electron chi connectivity index (χ2n) is 7.49. The average molecular weight is 334 g/mol. The van der Waals surface area contributed by atoms with E-state index in [9.17, 15) is 0 Å². The highest BCUT2D eigenvalue weighted by Gasteiger charge is 2.40. The van der Waals surface area contributed by atoms with Crippen molar-refractivity contribution in [3.63, 3.8) is 0 Å². The number of rotatable bonds is 3. The van der Waals surface area contributed by atoms with Gasteiger partial charge in [0.25, 0.3) is 0 Å². The Kier molecular flexibility index (Phi) is 4.03. The minimum absolute atomic E-state index is 0.339. The summed E-state index contributed by atoms with van der Waals surface area (Å²) in [7, 11) is 3.83. The van der Waals surface area contributed by atoms with Crippen LogP contribution in [0.3, 0.4) is 0 Å². The molecule has 130 valence electrons. The lowest BCUT2D eigenvalue weighted by molar-refractivity contribution is 0.244. The molecule has 3 heteroatoms. The van der Waals surface area contributed by atoms with E-state index in [2.05, 4.69) is 68.4 Å². The molecule has 0 aromatic heterocycles. The molecule has 3 nitrogen and oxygen atoms in total. The van der Waals surface area contributed by atoms with E-state index in [4.69, 9.17) is 9.84 Å². The van der Waals surface area contributed by atoms with Gasteiger partial charge in [-0.25, -0.2) is 0 Å². The van der Waals surface area contributed by atoms with Crippen molar-refractivity contribution in [2.75, 3.05) is 14.2 Å². The molecule has 0 radical (unpaired) electrons. The maximum absolute atomic E-state index is 5.38. The molecule has 1 heterocycles. The van der Waals surface area contributed by atoms with Crippen LogP contribution >= 0.6 is 0 Å². The molecule has 0 fully saturated rings. The number of nitrogens with zero attached hydrogens (tertiary/aromatic N) is 2. The van der Waals surface area contributed by atoms with Crippen molar-refractivity contribution in [1.82, 2.24) is 5.01 Å². The normalized spacial score (nSPS) is 21.8. The Bertz CT molecular complexity index is 807.